The molecule has 0 bridgehead atoms. The second-order valence-electron chi connectivity index (χ2n) is 7.54. The summed E-state index contributed by atoms with van der Waals surface area (Å²) in [6, 6.07) is 6.13. The van der Waals surface area contributed by atoms with Crippen LogP contribution in [0.25, 0.3) is 5.83 Å². The Morgan fingerprint density at radius 2 is 1.72 bits per heavy atom. The van der Waals surface area contributed by atoms with Gasteiger partial charge in [0.15, 0.2) is 5.78 Å². The zero-order valence-corrected chi connectivity index (χ0v) is 15.7. The lowest BCUT2D eigenvalue weighted by Crippen LogP contribution is -2.32. The standard InChI is InChI=1S/C22H20F4N2O/c23-14-10-17(24)21(18(25)11-14)20(29)12-15-2-1-3-19(27-15)22(26)13-6-8-28(9-7-13)16-4-5-16/h1-3,10-11,16H,4-9,12H2. The van der Waals surface area contributed by atoms with E-state index in [0.29, 0.717) is 36.6 Å². The van der Waals surface area contributed by atoms with Crippen LogP contribution in [-0.4, -0.2) is 34.8 Å². The minimum absolute atomic E-state index is 0.116. The Balaban J connectivity index is 1.50. The van der Waals surface area contributed by atoms with Crippen molar-refractivity contribution in [1.29, 1.82) is 0 Å². The summed E-state index contributed by atoms with van der Waals surface area (Å²) in [7, 11) is 0. The molecule has 0 unspecified atom stereocenters. The SMILES string of the molecule is O=C(Cc1cccc(C(F)=C2CCN(C3CC3)CC2)n1)c1c(F)cc(F)cc1F. The zero-order chi connectivity index (χ0) is 20.5. The molecule has 1 aromatic carbocycles. The molecule has 2 aliphatic rings. The first-order valence-electron chi connectivity index (χ1n) is 9.68. The normalized spacial score (nSPS) is 17.4. The second-order valence-corrected chi connectivity index (χ2v) is 7.54. The highest BCUT2D eigenvalue weighted by molar-refractivity contribution is 5.97. The molecule has 7 heteroatoms. The number of benzene rings is 1. The number of ketones is 1. The number of Topliss-reactive ketones (excluding diaryl/α,β-unsaturated/α-hetero) is 1. The second kappa shape index (κ2) is 8.06. The van der Waals surface area contributed by atoms with Crippen LogP contribution in [0.15, 0.2) is 35.9 Å². The lowest BCUT2D eigenvalue weighted by Gasteiger charge is -2.28. The van der Waals surface area contributed by atoms with Crippen molar-refractivity contribution in [2.75, 3.05) is 13.1 Å². The molecule has 0 spiro atoms. The highest BCUT2D eigenvalue weighted by Gasteiger charge is 2.31. The molecule has 4 rings (SSSR count). The Kier molecular flexibility index (Phi) is 5.50. The lowest BCUT2D eigenvalue weighted by molar-refractivity contribution is 0.0983. The molecule has 1 aliphatic heterocycles. The minimum atomic E-state index is -1.26. The molecular formula is C22H20F4N2O. The average molecular weight is 404 g/mol. The van der Waals surface area contributed by atoms with Gasteiger partial charge < -0.3 is 0 Å². The van der Waals surface area contributed by atoms with Crippen molar-refractivity contribution in [3.05, 3.63) is 70.3 Å². The van der Waals surface area contributed by atoms with Crippen LogP contribution in [-0.2, 0) is 6.42 Å². The summed E-state index contributed by atoms with van der Waals surface area (Å²) < 4.78 is 55.6. The molecular weight excluding hydrogens is 384 g/mol. The topological polar surface area (TPSA) is 33.2 Å². The molecule has 0 N–H and O–H groups in total. The quantitative estimate of drug-likeness (QED) is 0.527. The molecule has 2 fully saturated rings. The maximum absolute atomic E-state index is 14.9. The van der Waals surface area contributed by atoms with Crippen molar-refractivity contribution in [2.45, 2.75) is 38.1 Å². The fourth-order valence-corrected chi connectivity index (χ4v) is 3.76. The molecule has 152 valence electrons. The Hall–Kier alpha value is -2.54. The molecule has 1 aromatic heterocycles. The number of rotatable bonds is 5. The molecule has 1 saturated heterocycles. The Morgan fingerprint density at radius 3 is 2.34 bits per heavy atom. The smallest absolute Gasteiger partial charge is 0.174 e. The Labute approximate surface area is 166 Å². The van der Waals surface area contributed by atoms with Crippen LogP contribution >= 0.6 is 0 Å². The van der Waals surface area contributed by atoms with Gasteiger partial charge >= 0.3 is 0 Å². The number of carbonyl (C=O) groups is 1. The number of nitrogens with zero attached hydrogens (tertiary/aromatic N) is 2. The summed E-state index contributed by atoms with van der Waals surface area (Å²) >= 11 is 0. The van der Waals surface area contributed by atoms with Gasteiger partial charge in [-0.25, -0.2) is 22.5 Å². The number of carbonyl (C=O) groups excluding carboxylic acids is 1. The largest absolute Gasteiger partial charge is 0.300 e. The number of hydrogen-bond donors (Lipinski definition) is 0. The molecule has 29 heavy (non-hydrogen) atoms. The monoisotopic (exact) mass is 404 g/mol. The van der Waals surface area contributed by atoms with Crippen molar-refractivity contribution in [3.63, 3.8) is 0 Å². The van der Waals surface area contributed by atoms with Crippen LogP contribution < -0.4 is 0 Å². The summed E-state index contributed by atoms with van der Waals surface area (Å²) in [4.78, 5) is 18.9. The summed E-state index contributed by atoms with van der Waals surface area (Å²) in [6.07, 6.45) is 3.30. The van der Waals surface area contributed by atoms with E-state index in [1.807, 2.05) is 0 Å². The first-order chi connectivity index (χ1) is 13.9. The van der Waals surface area contributed by atoms with E-state index in [4.69, 9.17) is 0 Å². The van der Waals surface area contributed by atoms with E-state index in [9.17, 15) is 22.4 Å². The summed E-state index contributed by atoms with van der Waals surface area (Å²) in [5.74, 6) is -4.90. The van der Waals surface area contributed by atoms with Crippen LogP contribution in [0.3, 0.4) is 0 Å². The van der Waals surface area contributed by atoms with Crippen LogP contribution in [0.2, 0.25) is 0 Å². The average Bonchev–Trinajstić information content (AvgIpc) is 3.52. The molecule has 0 radical (unpaired) electrons. The predicted molar refractivity (Wildman–Crippen MR) is 100 cm³/mol. The third-order valence-electron chi connectivity index (χ3n) is 5.43. The van der Waals surface area contributed by atoms with E-state index in [-0.39, 0.29) is 11.4 Å². The van der Waals surface area contributed by atoms with Crippen molar-refractivity contribution in [3.8, 4) is 0 Å². The molecule has 1 aliphatic carbocycles. The van der Waals surface area contributed by atoms with Gasteiger partial charge in [0.05, 0.1) is 17.7 Å². The highest BCUT2D eigenvalue weighted by atomic mass is 19.1. The van der Waals surface area contributed by atoms with E-state index >= 15 is 0 Å². The van der Waals surface area contributed by atoms with Gasteiger partial charge in [-0.3, -0.25) is 9.69 Å². The molecule has 1 saturated carbocycles. The zero-order valence-electron chi connectivity index (χ0n) is 15.7. The third kappa shape index (κ3) is 4.40. The number of halogens is 4. The van der Waals surface area contributed by atoms with Gasteiger partial charge in [-0.1, -0.05) is 6.07 Å². The predicted octanol–water partition coefficient (Wildman–Crippen LogP) is 4.86. The van der Waals surface area contributed by atoms with E-state index < -0.39 is 41.0 Å². The van der Waals surface area contributed by atoms with Gasteiger partial charge in [0.1, 0.15) is 23.3 Å². The van der Waals surface area contributed by atoms with Crippen LogP contribution in [0.4, 0.5) is 17.6 Å². The van der Waals surface area contributed by atoms with E-state index in [2.05, 4.69) is 9.88 Å². The highest BCUT2D eigenvalue weighted by Crippen LogP contribution is 2.33. The fourth-order valence-electron chi connectivity index (χ4n) is 3.76. The van der Waals surface area contributed by atoms with Crippen molar-refractivity contribution < 1.29 is 22.4 Å². The third-order valence-corrected chi connectivity index (χ3v) is 5.43. The van der Waals surface area contributed by atoms with E-state index in [0.717, 1.165) is 13.1 Å². The number of piperidine rings is 1. The number of pyridine rings is 1. The van der Waals surface area contributed by atoms with Crippen LogP contribution in [0.1, 0.15) is 47.4 Å². The van der Waals surface area contributed by atoms with Crippen molar-refractivity contribution in [1.82, 2.24) is 9.88 Å². The maximum Gasteiger partial charge on any atom is 0.174 e. The van der Waals surface area contributed by atoms with Gasteiger partial charge in [0.25, 0.3) is 0 Å². The van der Waals surface area contributed by atoms with E-state index in [1.54, 1.807) is 6.07 Å². The fraction of sp³-hybridized carbons (Fsp3) is 0.364. The van der Waals surface area contributed by atoms with Gasteiger partial charge in [0, 0.05) is 37.0 Å². The number of likely N-dealkylation sites (tertiary alicyclic amines) is 1. The maximum atomic E-state index is 14.9. The van der Waals surface area contributed by atoms with Crippen LogP contribution in [0.5, 0.6) is 0 Å². The summed E-state index contributed by atoms with van der Waals surface area (Å²) in [5.41, 5.74) is 0.199. The molecule has 0 amide bonds. The van der Waals surface area contributed by atoms with E-state index in [1.165, 1.54) is 25.0 Å². The van der Waals surface area contributed by atoms with Crippen LogP contribution in [0, 0.1) is 17.5 Å². The molecule has 0 atom stereocenters. The summed E-state index contributed by atoms with van der Waals surface area (Å²) in [5, 5.41) is 0. The minimum Gasteiger partial charge on any atom is -0.300 e. The van der Waals surface area contributed by atoms with Gasteiger partial charge in [-0.05, 0) is 43.4 Å². The lowest BCUT2D eigenvalue weighted by atomic mass is 10.0. The van der Waals surface area contributed by atoms with Gasteiger partial charge in [-0.2, -0.15) is 0 Å². The van der Waals surface area contributed by atoms with Crippen molar-refractivity contribution >= 4 is 11.6 Å². The first kappa shape index (κ1) is 19.8. The first-order valence-corrected chi connectivity index (χ1v) is 9.68. The Morgan fingerprint density at radius 1 is 1.07 bits per heavy atom. The molecule has 3 nitrogen and oxygen atoms in total. The number of hydrogen-bond acceptors (Lipinski definition) is 3. The van der Waals surface area contributed by atoms with Gasteiger partial charge in [0.2, 0.25) is 0 Å². The molecule has 2 aromatic rings. The summed E-state index contributed by atoms with van der Waals surface area (Å²) in [6.45, 7) is 1.66. The number of aromatic nitrogens is 1. The Bertz CT molecular complexity index is 952. The van der Waals surface area contributed by atoms with Gasteiger partial charge in [-0.15, -0.1) is 0 Å². The van der Waals surface area contributed by atoms with Crippen molar-refractivity contribution in [2.24, 2.45) is 0 Å². The molecule has 2 heterocycles.